The van der Waals surface area contributed by atoms with Crippen molar-refractivity contribution < 1.29 is 4.18 Å². The van der Waals surface area contributed by atoms with E-state index in [1.807, 2.05) is 0 Å². The second-order valence-corrected chi connectivity index (χ2v) is 13.7. The normalized spacial score (nSPS) is 44.2. The highest BCUT2D eigenvalue weighted by Gasteiger charge is 2.59. The van der Waals surface area contributed by atoms with Gasteiger partial charge in [-0.2, -0.15) is 0 Å². The van der Waals surface area contributed by atoms with E-state index >= 15 is 0 Å². The third kappa shape index (κ3) is 4.31. The average molecular weight is 545 g/mol. The van der Waals surface area contributed by atoms with Crippen molar-refractivity contribution in [3.05, 3.63) is 11.6 Å². The molecular formula is C27H45IOS. The van der Waals surface area contributed by atoms with E-state index in [9.17, 15) is 0 Å². The zero-order chi connectivity index (χ0) is 21.5. The van der Waals surface area contributed by atoms with E-state index in [1.165, 1.54) is 79.8 Å². The molecular weight excluding hydrogens is 499 g/mol. The van der Waals surface area contributed by atoms with Crippen LogP contribution in [0.4, 0.5) is 0 Å². The number of hydrogen-bond acceptors (Lipinski definition) is 2. The van der Waals surface area contributed by atoms with Gasteiger partial charge in [0, 0.05) is 21.2 Å². The molecule has 8 atom stereocenters. The fraction of sp³-hybridized carbons (Fsp3) is 0.926. The second-order valence-electron chi connectivity index (χ2n) is 12.3. The van der Waals surface area contributed by atoms with E-state index < -0.39 is 0 Å². The highest BCUT2D eigenvalue weighted by Crippen LogP contribution is 2.67. The third-order valence-corrected chi connectivity index (χ3v) is 11.4. The van der Waals surface area contributed by atoms with Gasteiger partial charge in [-0.25, -0.2) is 0 Å². The van der Waals surface area contributed by atoms with E-state index in [2.05, 4.69) is 61.9 Å². The zero-order valence-corrected chi connectivity index (χ0v) is 23.1. The van der Waals surface area contributed by atoms with Crippen molar-refractivity contribution in [3.63, 3.8) is 0 Å². The Morgan fingerprint density at radius 1 is 1.07 bits per heavy atom. The molecule has 0 spiro atoms. The Hall–Kier alpha value is 0.780. The molecule has 0 bridgehead atoms. The van der Waals surface area contributed by atoms with Crippen LogP contribution >= 0.6 is 30.4 Å². The minimum atomic E-state index is 0.444. The maximum Gasteiger partial charge on any atom is 0.0769 e. The zero-order valence-electron chi connectivity index (χ0n) is 20.1. The quantitative estimate of drug-likeness (QED) is 0.179. The molecule has 4 rings (SSSR count). The summed E-state index contributed by atoms with van der Waals surface area (Å²) in [5, 5.41) is 0. The first-order chi connectivity index (χ1) is 14.3. The minimum Gasteiger partial charge on any atom is -0.302 e. The molecule has 3 heteroatoms. The summed E-state index contributed by atoms with van der Waals surface area (Å²) in [5.74, 6) is 5.60. The lowest BCUT2D eigenvalue weighted by Gasteiger charge is -2.58. The van der Waals surface area contributed by atoms with Crippen LogP contribution in [0.15, 0.2) is 11.6 Å². The van der Waals surface area contributed by atoms with Gasteiger partial charge < -0.3 is 4.18 Å². The maximum absolute atomic E-state index is 5.95. The van der Waals surface area contributed by atoms with Crippen LogP contribution in [0.3, 0.4) is 0 Å². The van der Waals surface area contributed by atoms with Crippen LogP contribution in [-0.2, 0) is 4.18 Å². The van der Waals surface area contributed by atoms with Crippen molar-refractivity contribution in [1.82, 2.24) is 0 Å². The van der Waals surface area contributed by atoms with Gasteiger partial charge >= 0.3 is 0 Å². The van der Waals surface area contributed by atoms with Gasteiger partial charge in [-0.05, 0) is 97.7 Å². The van der Waals surface area contributed by atoms with Crippen LogP contribution < -0.4 is 0 Å². The molecule has 1 nitrogen and oxygen atoms in total. The predicted octanol–water partition coefficient (Wildman–Crippen LogP) is 9.41. The van der Waals surface area contributed by atoms with E-state index in [0.717, 1.165) is 35.5 Å². The first-order valence-electron chi connectivity index (χ1n) is 12.9. The standard InChI is InChI=1S/C27H45IOS/c1-18(2)7-6-8-19(3)23-11-12-24-22-10-9-20-17-21(29-30-28)13-15-26(20,4)25(22)14-16-27(23,24)5/h9,18-19,21-25H,6-8,10-17H2,1-5H3/t19?,21-,22?,23?,24?,25?,26-,27+/m0/s1. The van der Waals surface area contributed by atoms with Crippen LogP contribution in [0.25, 0.3) is 0 Å². The topological polar surface area (TPSA) is 9.23 Å². The lowest BCUT2D eigenvalue weighted by atomic mass is 9.47. The highest BCUT2D eigenvalue weighted by atomic mass is 127. The van der Waals surface area contributed by atoms with Gasteiger partial charge in [0.1, 0.15) is 0 Å². The molecule has 3 fully saturated rings. The molecule has 5 unspecified atom stereocenters. The average Bonchev–Trinajstić information content (AvgIpc) is 3.05. The van der Waals surface area contributed by atoms with Gasteiger partial charge in [0.2, 0.25) is 0 Å². The monoisotopic (exact) mass is 544 g/mol. The van der Waals surface area contributed by atoms with Crippen molar-refractivity contribution in [2.75, 3.05) is 0 Å². The summed E-state index contributed by atoms with van der Waals surface area (Å²) in [4.78, 5) is 0. The van der Waals surface area contributed by atoms with Crippen LogP contribution in [0.2, 0.25) is 0 Å². The Labute approximate surface area is 203 Å². The van der Waals surface area contributed by atoms with E-state index in [1.54, 1.807) is 5.57 Å². The number of rotatable bonds is 7. The molecule has 4 aliphatic rings. The summed E-state index contributed by atoms with van der Waals surface area (Å²) in [6, 6.07) is 0. The Morgan fingerprint density at radius 2 is 1.87 bits per heavy atom. The SMILES string of the molecule is CC(C)CCCC(C)C1CCC2C3CC=C4C[C@@H](OSI)CC[C@]4(C)C3CC[C@]12C. The summed E-state index contributed by atoms with van der Waals surface area (Å²) < 4.78 is 5.95. The largest absolute Gasteiger partial charge is 0.302 e. The Kier molecular flexibility index (Phi) is 7.63. The molecule has 30 heavy (non-hydrogen) atoms. The van der Waals surface area contributed by atoms with Crippen molar-refractivity contribution in [2.45, 2.75) is 111 Å². The first-order valence-corrected chi connectivity index (χ1v) is 16.2. The molecule has 4 aliphatic carbocycles. The smallest absolute Gasteiger partial charge is 0.0769 e. The molecule has 0 saturated heterocycles. The van der Waals surface area contributed by atoms with Gasteiger partial charge in [0.05, 0.1) is 15.3 Å². The minimum absolute atomic E-state index is 0.444. The Balaban J connectivity index is 1.47. The summed E-state index contributed by atoms with van der Waals surface area (Å²) in [7, 11) is 1.53. The second kappa shape index (κ2) is 9.57. The number of halogens is 1. The lowest BCUT2D eigenvalue weighted by molar-refractivity contribution is -0.0551. The molecule has 0 aromatic carbocycles. The van der Waals surface area contributed by atoms with Crippen molar-refractivity contribution in [3.8, 4) is 0 Å². The molecule has 0 radical (unpaired) electrons. The van der Waals surface area contributed by atoms with Crippen LogP contribution in [-0.4, -0.2) is 6.10 Å². The number of fused-ring (bicyclic) bond motifs is 5. The summed E-state index contributed by atoms with van der Waals surface area (Å²) in [5.41, 5.74) is 2.82. The van der Waals surface area contributed by atoms with Crippen molar-refractivity contribution >= 4 is 30.4 Å². The van der Waals surface area contributed by atoms with Crippen LogP contribution in [0.1, 0.15) is 105 Å². The van der Waals surface area contributed by atoms with Gasteiger partial charge in [-0.15, -0.1) is 0 Å². The fourth-order valence-electron chi connectivity index (χ4n) is 8.79. The number of hydrogen-bond donors (Lipinski definition) is 0. The summed E-state index contributed by atoms with van der Waals surface area (Å²) in [6.07, 6.45) is 18.6. The molecule has 0 amide bonds. The third-order valence-electron chi connectivity index (χ3n) is 10.4. The molecule has 0 heterocycles. The molecule has 0 aromatic heterocycles. The maximum atomic E-state index is 5.95. The highest BCUT2D eigenvalue weighted by molar-refractivity contribution is 14.2. The van der Waals surface area contributed by atoms with E-state index in [4.69, 9.17) is 4.18 Å². The van der Waals surface area contributed by atoms with Gasteiger partial charge in [-0.1, -0.05) is 65.5 Å². The van der Waals surface area contributed by atoms with E-state index in [0.29, 0.717) is 16.9 Å². The summed E-state index contributed by atoms with van der Waals surface area (Å²) >= 11 is 2.28. The van der Waals surface area contributed by atoms with Crippen LogP contribution in [0, 0.1) is 46.3 Å². The summed E-state index contributed by atoms with van der Waals surface area (Å²) in [6.45, 7) is 12.7. The molecule has 0 N–H and O–H groups in total. The predicted molar refractivity (Wildman–Crippen MR) is 140 cm³/mol. The molecule has 172 valence electrons. The van der Waals surface area contributed by atoms with Gasteiger partial charge in [0.15, 0.2) is 0 Å². The first kappa shape index (κ1) is 23.9. The Morgan fingerprint density at radius 3 is 2.60 bits per heavy atom. The van der Waals surface area contributed by atoms with Crippen molar-refractivity contribution in [2.24, 2.45) is 46.3 Å². The van der Waals surface area contributed by atoms with E-state index in [-0.39, 0.29) is 0 Å². The molecule has 3 saturated carbocycles. The molecule has 0 aliphatic heterocycles. The van der Waals surface area contributed by atoms with Crippen LogP contribution in [0.5, 0.6) is 0 Å². The lowest BCUT2D eigenvalue weighted by Crippen LogP contribution is -2.50. The van der Waals surface area contributed by atoms with Crippen molar-refractivity contribution in [1.29, 1.82) is 0 Å². The number of allylic oxidation sites excluding steroid dienone is 1. The fourth-order valence-corrected chi connectivity index (χ4v) is 9.93. The van der Waals surface area contributed by atoms with Gasteiger partial charge in [-0.3, -0.25) is 0 Å². The molecule has 0 aromatic rings. The Bertz CT molecular complexity index is 632. The van der Waals surface area contributed by atoms with Gasteiger partial charge in [0.25, 0.3) is 0 Å².